The molecule has 11 heteroatoms. The summed E-state index contributed by atoms with van der Waals surface area (Å²) in [6.07, 6.45) is 0. The SMILES string of the molecule is CC1=NN(c2nc(-c3cccc([N+](=O)[O-])c3)cs2)C(=O)[C@@H]1N=Nc1cccc(CO)c1. The molecule has 4 rings (SSSR count). The van der Waals surface area contributed by atoms with E-state index < -0.39 is 11.0 Å². The van der Waals surface area contributed by atoms with Gasteiger partial charge in [0.2, 0.25) is 5.13 Å². The normalized spacial score (nSPS) is 16.2. The highest BCUT2D eigenvalue weighted by atomic mass is 32.1. The van der Waals surface area contributed by atoms with Crippen LogP contribution >= 0.6 is 11.3 Å². The van der Waals surface area contributed by atoms with Crippen LogP contribution in [0, 0.1) is 10.1 Å². The van der Waals surface area contributed by atoms with Gasteiger partial charge in [0.1, 0.15) is 0 Å². The van der Waals surface area contributed by atoms with Crippen LogP contribution < -0.4 is 5.01 Å². The lowest BCUT2D eigenvalue weighted by molar-refractivity contribution is -0.384. The third-order valence-electron chi connectivity index (χ3n) is 4.50. The lowest BCUT2D eigenvalue weighted by Crippen LogP contribution is -2.29. The number of nitro benzene ring substituents is 1. The maximum atomic E-state index is 12.8. The zero-order valence-corrected chi connectivity index (χ0v) is 17.1. The number of hydrogen-bond donors (Lipinski definition) is 1. The van der Waals surface area contributed by atoms with Crippen molar-refractivity contribution in [1.29, 1.82) is 0 Å². The molecule has 0 fully saturated rings. The number of carbonyl (C=O) groups is 1. The van der Waals surface area contributed by atoms with Crippen molar-refractivity contribution in [3.63, 3.8) is 0 Å². The Kier molecular flexibility index (Phi) is 5.60. The average Bonchev–Trinajstić information content (AvgIpc) is 3.37. The van der Waals surface area contributed by atoms with E-state index in [4.69, 9.17) is 0 Å². The van der Waals surface area contributed by atoms with Gasteiger partial charge in [0.15, 0.2) is 6.04 Å². The molecule has 0 unspecified atom stereocenters. The molecule has 0 bridgehead atoms. The average molecular weight is 436 g/mol. The second kappa shape index (κ2) is 8.50. The number of hydrazone groups is 1. The van der Waals surface area contributed by atoms with Gasteiger partial charge in [-0.3, -0.25) is 14.9 Å². The first-order valence-corrected chi connectivity index (χ1v) is 10.0. The van der Waals surface area contributed by atoms with E-state index in [1.807, 2.05) is 0 Å². The van der Waals surface area contributed by atoms with E-state index in [0.29, 0.717) is 33.4 Å². The van der Waals surface area contributed by atoms with Crippen LogP contribution in [-0.2, 0) is 11.4 Å². The van der Waals surface area contributed by atoms with Crippen molar-refractivity contribution in [2.75, 3.05) is 5.01 Å². The number of aliphatic hydroxyl groups is 1. The molecule has 3 aromatic rings. The van der Waals surface area contributed by atoms with E-state index in [1.54, 1.807) is 48.7 Å². The van der Waals surface area contributed by atoms with Crippen LogP contribution in [-0.4, -0.2) is 32.7 Å². The summed E-state index contributed by atoms with van der Waals surface area (Å²) in [6, 6.07) is 12.2. The van der Waals surface area contributed by atoms with Crippen molar-refractivity contribution in [1.82, 2.24) is 4.98 Å². The molecule has 1 aliphatic rings. The van der Waals surface area contributed by atoms with Crippen molar-refractivity contribution >= 4 is 39.5 Å². The summed E-state index contributed by atoms with van der Waals surface area (Å²) >= 11 is 1.20. The van der Waals surface area contributed by atoms with Gasteiger partial charge >= 0.3 is 0 Å². The van der Waals surface area contributed by atoms with Gasteiger partial charge < -0.3 is 5.11 Å². The molecule has 0 saturated carbocycles. The number of non-ortho nitro benzene ring substituents is 1. The number of azo groups is 1. The van der Waals surface area contributed by atoms with Crippen LogP contribution in [0.2, 0.25) is 0 Å². The number of aromatic nitrogens is 1. The Morgan fingerprint density at radius 3 is 2.84 bits per heavy atom. The third kappa shape index (κ3) is 4.22. The van der Waals surface area contributed by atoms with Gasteiger partial charge in [0, 0.05) is 23.1 Å². The smallest absolute Gasteiger partial charge is 0.282 e. The van der Waals surface area contributed by atoms with Gasteiger partial charge in [0.25, 0.3) is 11.6 Å². The van der Waals surface area contributed by atoms with E-state index in [2.05, 4.69) is 20.3 Å². The highest BCUT2D eigenvalue weighted by Crippen LogP contribution is 2.32. The Labute approximate surface area is 180 Å². The van der Waals surface area contributed by atoms with Crippen LogP contribution in [0.15, 0.2) is 69.2 Å². The summed E-state index contributed by atoms with van der Waals surface area (Å²) in [5.41, 5.74) is 2.73. The molecule has 1 aromatic heterocycles. The number of rotatable bonds is 6. The van der Waals surface area contributed by atoms with Crippen molar-refractivity contribution in [2.45, 2.75) is 19.6 Å². The van der Waals surface area contributed by atoms with Gasteiger partial charge in [-0.25, -0.2) is 4.98 Å². The third-order valence-corrected chi connectivity index (χ3v) is 5.32. The minimum atomic E-state index is -0.872. The summed E-state index contributed by atoms with van der Waals surface area (Å²) < 4.78 is 0. The molecule has 31 heavy (non-hydrogen) atoms. The standard InChI is InChI=1S/C20H16N6O4S/c1-12-18(23-22-15-6-2-4-13(8-15)10-27)19(28)25(24-12)20-21-17(11-31-20)14-5-3-7-16(9-14)26(29)30/h2-9,11,18,27H,10H2,1H3/t18-/m1/s1. The van der Waals surface area contributed by atoms with Crippen LogP contribution in [0.4, 0.5) is 16.5 Å². The Balaban J connectivity index is 1.54. The van der Waals surface area contributed by atoms with Crippen LogP contribution in [0.5, 0.6) is 0 Å². The van der Waals surface area contributed by atoms with Gasteiger partial charge in [0.05, 0.1) is 28.6 Å². The Morgan fingerprint density at radius 2 is 2.06 bits per heavy atom. The minimum absolute atomic E-state index is 0.0380. The number of carbonyl (C=O) groups excluding carboxylic acids is 1. The van der Waals surface area contributed by atoms with E-state index >= 15 is 0 Å². The number of thiazole rings is 1. The predicted octanol–water partition coefficient (Wildman–Crippen LogP) is 4.09. The molecule has 2 heterocycles. The van der Waals surface area contributed by atoms with Crippen LogP contribution in [0.1, 0.15) is 12.5 Å². The minimum Gasteiger partial charge on any atom is -0.392 e. The molecule has 0 radical (unpaired) electrons. The fourth-order valence-electron chi connectivity index (χ4n) is 2.94. The molecule has 1 N–H and O–H groups in total. The monoisotopic (exact) mass is 436 g/mol. The van der Waals surface area contributed by atoms with E-state index in [0.717, 1.165) is 0 Å². The second-order valence-electron chi connectivity index (χ2n) is 6.66. The molecule has 1 atom stereocenters. The molecule has 156 valence electrons. The number of amides is 1. The van der Waals surface area contributed by atoms with Gasteiger partial charge in [-0.2, -0.15) is 20.3 Å². The fourth-order valence-corrected chi connectivity index (χ4v) is 3.73. The fraction of sp³-hybridized carbons (Fsp3) is 0.150. The van der Waals surface area contributed by atoms with Gasteiger partial charge in [-0.15, -0.1) is 11.3 Å². The number of nitrogens with zero attached hydrogens (tertiary/aromatic N) is 6. The molecule has 0 saturated heterocycles. The lowest BCUT2D eigenvalue weighted by atomic mass is 10.1. The summed E-state index contributed by atoms with van der Waals surface area (Å²) in [6.45, 7) is 1.57. The highest BCUT2D eigenvalue weighted by molar-refractivity contribution is 7.14. The zero-order valence-electron chi connectivity index (χ0n) is 16.2. The Bertz CT molecular complexity index is 1220. The number of hydrogen-bond acceptors (Lipinski definition) is 9. The van der Waals surface area contributed by atoms with Crippen LogP contribution in [0.3, 0.4) is 0 Å². The maximum Gasteiger partial charge on any atom is 0.282 e. The van der Waals surface area contributed by atoms with E-state index in [-0.39, 0.29) is 18.2 Å². The van der Waals surface area contributed by atoms with Crippen molar-refractivity contribution < 1.29 is 14.8 Å². The predicted molar refractivity (Wildman–Crippen MR) is 115 cm³/mol. The number of benzene rings is 2. The van der Waals surface area contributed by atoms with Crippen molar-refractivity contribution in [3.8, 4) is 11.3 Å². The van der Waals surface area contributed by atoms with E-state index in [1.165, 1.54) is 28.5 Å². The first-order valence-electron chi connectivity index (χ1n) is 9.16. The molecular weight excluding hydrogens is 420 g/mol. The lowest BCUT2D eigenvalue weighted by Gasteiger charge is -2.08. The molecule has 0 aliphatic carbocycles. The molecule has 10 nitrogen and oxygen atoms in total. The molecule has 1 amide bonds. The number of aliphatic hydroxyl groups excluding tert-OH is 1. The molecular formula is C20H16N6O4S. The quantitative estimate of drug-likeness (QED) is 0.353. The number of anilines is 1. The van der Waals surface area contributed by atoms with Gasteiger partial charge in [-0.05, 0) is 24.6 Å². The summed E-state index contributed by atoms with van der Waals surface area (Å²) in [5, 5.41) is 35.9. The second-order valence-corrected chi connectivity index (χ2v) is 7.50. The maximum absolute atomic E-state index is 12.8. The molecule has 1 aliphatic heterocycles. The van der Waals surface area contributed by atoms with E-state index in [9.17, 15) is 20.0 Å². The van der Waals surface area contributed by atoms with Crippen molar-refractivity contribution in [2.24, 2.45) is 15.3 Å². The van der Waals surface area contributed by atoms with Gasteiger partial charge in [-0.1, -0.05) is 24.3 Å². The Morgan fingerprint density at radius 1 is 1.26 bits per heavy atom. The van der Waals surface area contributed by atoms with Crippen molar-refractivity contribution in [3.05, 3.63) is 69.6 Å². The van der Waals surface area contributed by atoms with Crippen LogP contribution in [0.25, 0.3) is 11.3 Å². The summed E-state index contributed by atoms with van der Waals surface area (Å²) in [7, 11) is 0. The largest absolute Gasteiger partial charge is 0.392 e. The molecule has 2 aromatic carbocycles. The zero-order chi connectivity index (χ0) is 22.0. The Hall–Kier alpha value is -3.83. The summed E-state index contributed by atoms with van der Waals surface area (Å²) in [5.74, 6) is -0.389. The first kappa shape index (κ1) is 20.4. The highest BCUT2D eigenvalue weighted by Gasteiger charge is 2.36. The first-order chi connectivity index (χ1) is 15.0. The topological polar surface area (TPSA) is 134 Å². The summed E-state index contributed by atoms with van der Waals surface area (Å²) in [4.78, 5) is 27.8. The molecule has 0 spiro atoms. The number of nitro groups is 1.